The first kappa shape index (κ1) is 19.8. The van der Waals surface area contributed by atoms with Crippen LogP contribution in [0.4, 0.5) is 11.4 Å². The summed E-state index contributed by atoms with van der Waals surface area (Å²) < 4.78 is 4.99. The lowest BCUT2D eigenvalue weighted by atomic mass is 10.1. The molecule has 0 bridgehead atoms. The molecule has 146 valence electrons. The van der Waals surface area contributed by atoms with Crippen LogP contribution in [0.2, 0.25) is 0 Å². The molecule has 3 rings (SSSR count). The molecule has 6 heteroatoms. The summed E-state index contributed by atoms with van der Waals surface area (Å²) in [5.74, 6) is -0.690. The highest BCUT2D eigenvalue weighted by Crippen LogP contribution is 2.18. The van der Waals surface area contributed by atoms with Crippen LogP contribution in [-0.2, 0) is 4.79 Å². The highest BCUT2D eigenvalue weighted by Gasteiger charge is 2.09. The maximum atomic E-state index is 12.4. The maximum Gasteiger partial charge on any atom is 0.308 e. The lowest BCUT2D eigenvalue weighted by molar-refractivity contribution is -0.131. The van der Waals surface area contributed by atoms with Gasteiger partial charge in [0.05, 0.1) is 0 Å². The minimum Gasteiger partial charge on any atom is -0.427 e. The number of anilines is 2. The van der Waals surface area contributed by atoms with Crippen molar-refractivity contribution in [2.45, 2.75) is 13.8 Å². The lowest BCUT2D eigenvalue weighted by Gasteiger charge is -2.09. The van der Waals surface area contributed by atoms with E-state index < -0.39 is 5.97 Å². The highest BCUT2D eigenvalue weighted by molar-refractivity contribution is 6.06. The SMILES string of the molecule is CC(=O)Oc1cccc(C(=O)Nc2ccc(NC(=O)c3ccc(C)cc3)cc2)c1. The minimum atomic E-state index is -0.453. The average molecular weight is 388 g/mol. The Balaban J connectivity index is 1.63. The molecule has 0 aliphatic heterocycles. The first-order valence-electron chi connectivity index (χ1n) is 8.98. The van der Waals surface area contributed by atoms with Crippen molar-refractivity contribution < 1.29 is 19.1 Å². The monoisotopic (exact) mass is 388 g/mol. The van der Waals surface area contributed by atoms with E-state index in [1.54, 1.807) is 54.6 Å². The molecule has 0 radical (unpaired) electrons. The Bertz CT molecular complexity index is 1040. The van der Waals surface area contributed by atoms with Crippen LogP contribution >= 0.6 is 0 Å². The first-order chi connectivity index (χ1) is 13.9. The lowest BCUT2D eigenvalue weighted by Crippen LogP contribution is -2.13. The number of hydrogen-bond acceptors (Lipinski definition) is 4. The molecule has 2 amide bonds. The quantitative estimate of drug-likeness (QED) is 0.500. The molecule has 0 aliphatic carbocycles. The maximum absolute atomic E-state index is 12.4. The van der Waals surface area contributed by atoms with E-state index in [1.807, 2.05) is 19.1 Å². The third-order valence-corrected chi connectivity index (χ3v) is 4.07. The molecule has 0 saturated carbocycles. The van der Waals surface area contributed by atoms with Crippen molar-refractivity contribution >= 4 is 29.2 Å². The number of rotatable bonds is 5. The van der Waals surface area contributed by atoms with Crippen LogP contribution in [0.5, 0.6) is 5.75 Å². The average Bonchev–Trinajstić information content (AvgIpc) is 2.69. The standard InChI is InChI=1S/C23H20N2O4/c1-15-6-8-17(9-7-15)22(27)24-19-10-12-20(13-11-19)25-23(28)18-4-3-5-21(14-18)29-16(2)26/h3-14H,1-2H3,(H,24,27)(H,25,28). The van der Waals surface area contributed by atoms with Gasteiger partial charge in [0.15, 0.2) is 0 Å². The number of nitrogens with one attached hydrogen (secondary N) is 2. The molecule has 0 heterocycles. The second kappa shape index (κ2) is 8.84. The van der Waals surface area contributed by atoms with Gasteiger partial charge in [-0.05, 0) is 61.5 Å². The summed E-state index contributed by atoms with van der Waals surface area (Å²) in [5.41, 5.74) is 3.20. The highest BCUT2D eigenvalue weighted by atomic mass is 16.5. The van der Waals surface area contributed by atoms with Crippen molar-refractivity contribution in [3.63, 3.8) is 0 Å². The van der Waals surface area contributed by atoms with Crippen molar-refractivity contribution in [2.75, 3.05) is 10.6 Å². The normalized spacial score (nSPS) is 10.1. The molecule has 0 spiro atoms. The molecule has 3 aromatic rings. The molecular formula is C23H20N2O4. The van der Waals surface area contributed by atoms with Gasteiger partial charge in [0.1, 0.15) is 5.75 Å². The molecule has 0 aromatic heterocycles. The van der Waals surface area contributed by atoms with Crippen LogP contribution in [0.15, 0.2) is 72.8 Å². The van der Waals surface area contributed by atoms with Crippen molar-refractivity contribution in [2.24, 2.45) is 0 Å². The van der Waals surface area contributed by atoms with Gasteiger partial charge in [-0.25, -0.2) is 0 Å². The van der Waals surface area contributed by atoms with E-state index >= 15 is 0 Å². The molecule has 2 N–H and O–H groups in total. The molecule has 0 saturated heterocycles. The summed E-state index contributed by atoms with van der Waals surface area (Å²) in [6, 6.07) is 20.4. The minimum absolute atomic E-state index is 0.205. The van der Waals surface area contributed by atoms with E-state index in [0.29, 0.717) is 28.3 Å². The van der Waals surface area contributed by atoms with Crippen LogP contribution in [0.1, 0.15) is 33.2 Å². The fourth-order valence-corrected chi connectivity index (χ4v) is 2.62. The zero-order valence-corrected chi connectivity index (χ0v) is 16.1. The Morgan fingerprint density at radius 1 is 0.724 bits per heavy atom. The molecular weight excluding hydrogens is 368 g/mol. The van der Waals surface area contributed by atoms with Gasteiger partial charge in [0.25, 0.3) is 11.8 Å². The van der Waals surface area contributed by atoms with Crippen molar-refractivity contribution in [1.29, 1.82) is 0 Å². The molecule has 3 aromatic carbocycles. The summed E-state index contributed by atoms with van der Waals surface area (Å²) in [4.78, 5) is 35.7. The van der Waals surface area contributed by atoms with Gasteiger partial charge in [-0.2, -0.15) is 0 Å². The zero-order chi connectivity index (χ0) is 20.8. The third-order valence-electron chi connectivity index (χ3n) is 4.07. The van der Waals surface area contributed by atoms with Crippen molar-refractivity contribution in [3.8, 4) is 5.75 Å². The predicted molar refractivity (Wildman–Crippen MR) is 111 cm³/mol. The Morgan fingerprint density at radius 3 is 1.83 bits per heavy atom. The summed E-state index contributed by atoms with van der Waals surface area (Å²) in [5, 5.41) is 5.58. The number of amides is 2. The number of hydrogen-bond donors (Lipinski definition) is 2. The molecule has 29 heavy (non-hydrogen) atoms. The Kier molecular flexibility index (Phi) is 6.04. The van der Waals surface area contributed by atoms with E-state index in [-0.39, 0.29) is 11.8 Å². The number of ether oxygens (including phenoxy) is 1. The van der Waals surface area contributed by atoms with Gasteiger partial charge in [-0.15, -0.1) is 0 Å². The first-order valence-corrected chi connectivity index (χ1v) is 8.98. The van der Waals surface area contributed by atoms with E-state index in [4.69, 9.17) is 4.74 Å². The van der Waals surface area contributed by atoms with E-state index in [1.165, 1.54) is 13.0 Å². The summed E-state index contributed by atoms with van der Waals surface area (Å²) >= 11 is 0. The zero-order valence-electron chi connectivity index (χ0n) is 16.1. The number of benzene rings is 3. The van der Waals surface area contributed by atoms with E-state index in [0.717, 1.165) is 5.56 Å². The molecule has 0 aliphatic rings. The van der Waals surface area contributed by atoms with Crippen molar-refractivity contribution in [3.05, 3.63) is 89.5 Å². The van der Waals surface area contributed by atoms with Crippen molar-refractivity contribution in [1.82, 2.24) is 0 Å². The Labute approximate surface area is 168 Å². The second-order valence-corrected chi connectivity index (χ2v) is 6.47. The number of aryl methyl sites for hydroxylation is 1. The van der Waals surface area contributed by atoms with Gasteiger partial charge in [-0.3, -0.25) is 14.4 Å². The van der Waals surface area contributed by atoms with Crippen LogP contribution in [0.25, 0.3) is 0 Å². The summed E-state index contributed by atoms with van der Waals surface area (Å²) in [7, 11) is 0. The summed E-state index contributed by atoms with van der Waals surface area (Å²) in [6.45, 7) is 3.26. The number of esters is 1. The number of carbonyl (C=O) groups is 3. The van der Waals surface area contributed by atoms with E-state index in [9.17, 15) is 14.4 Å². The fourth-order valence-electron chi connectivity index (χ4n) is 2.62. The van der Waals surface area contributed by atoms with Gasteiger partial charge in [0.2, 0.25) is 0 Å². The molecule has 0 fully saturated rings. The third kappa shape index (κ3) is 5.52. The van der Waals surface area contributed by atoms with Crippen LogP contribution in [0, 0.1) is 6.92 Å². The fraction of sp³-hybridized carbons (Fsp3) is 0.0870. The Morgan fingerprint density at radius 2 is 1.28 bits per heavy atom. The van der Waals surface area contributed by atoms with Crippen LogP contribution in [-0.4, -0.2) is 17.8 Å². The molecule has 0 unspecified atom stereocenters. The number of carbonyl (C=O) groups excluding carboxylic acids is 3. The smallest absolute Gasteiger partial charge is 0.308 e. The topological polar surface area (TPSA) is 84.5 Å². The predicted octanol–water partition coefficient (Wildman–Crippen LogP) is 4.42. The van der Waals surface area contributed by atoms with E-state index in [2.05, 4.69) is 10.6 Å². The second-order valence-electron chi connectivity index (χ2n) is 6.47. The molecule has 0 atom stereocenters. The van der Waals surface area contributed by atoms with Gasteiger partial charge < -0.3 is 15.4 Å². The van der Waals surface area contributed by atoms with Crippen LogP contribution in [0.3, 0.4) is 0 Å². The van der Waals surface area contributed by atoms with Gasteiger partial charge >= 0.3 is 5.97 Å². The van der Waals surface area contributed by atoms with Gasteiger partial charge in [-0.1, -0.05) is 23.8 Å². The van der Waals surface area contributed by atoms with Crippen LogP contribution < -0.4 is 15.4 Å². The largest absolute Gasteiger partial charge is 0.427 e. The summed E-state index contributed by atoms with van der Waals surface area (Å²) in [6.07, 6.45) is 0. The Hall–Kier alpha value is -3.93. The molecule has 6 nitrogen and oxygen atoms in total. The van der Waals surface area contributed by atoms with Gasteiger partial charge in [0, 0.05) is 29.4 Å².